The molecule has 0 aliphatic rings. The fourth-order valence-electron chi connectivity index (χ4n) is 1.31. The second-order valence-corrected chi connectivity index (χ2v) is 4.00. The predicted octanol–water partition coefficient (Wildman–Crippen LogP) is 2.20. The van der Waals surface area contributed by atoms with Crippen molar-refractivity contribution in [2.45, 2.75) is 20.5 Å². The van der Waals surface area contributed by atoms with Crippen molar-refractivity contribution in [2.24, 2.45) is 11.8 Å². The maximum Gasteiger partial charge on any atom is 0.316 e. The van der Waals surface area contributed by atoms with Gasteiger partial charge < -0.3 is 9.53 Å². The van der Waals surface area contributed by atoms with Gasteiger partial charge in [0, 0.05) is 0 Å². The summed E-state index contributed by atoms with van der Waals surface area (Å²) in [6.07, 6.45) is 0.651. The lowest BCUT2D eigenvalue weighted by molar-refractivity contribution is -0.152. The smallest absolute Gasteiger partial charge is 0.316 e. The van der Waals surface area contributed by atoms with Gasteiger partial charge in [0.1, 0.15) is 18.8 Å². The number of rotatable bonds is 5. The van der Waals surface area contributed by atoms with Gasteiger partial charge in [-0.2, -0.15) is 0 Å². The summed E-state index contributed by atoms with van der Waals surface area (Å²) in [4.78, 5) is 22.2. The Morgan fingerprint density at radius 3 is 2.44 bits per heavy atom. The molecule has 1 aromatic rings. The first-order valence-corrected chi connectivity index (χ1v) is 5.31. The second kappa shape index (κ2) is 6.05. The lowest BCUT2D eigenvalue weighted by Gasteiger charge is -2.13. The molecule has 1 rings (SSSR count). The molecular formula is C13H16O3. The van der Waals surface area contributed by atoms with Gasteiger partial charge in [-0.1, -0.05) is 44.2 Å². The molecule has 0 aliphatic heterocycles. The van der Waals surface area contributed by atoms with Gasteiger partial charge in [0.15, 0.2) is 0 Å². The van der Waals surface area contributed by atoms with Crippen LogP contribution in [0.1, 0.15) is 19.4 Å². The van der Waals surface area contributed by atoms with Crippen molar-refractivity contribution in [2.75, 3.05) is 0 Å². The highest BCUT2D eigenvalue weighted by molar-refractivity contribution is 5.87. The van der Waals surface area contributed by atoms with Crippen LogP contribution in [0.2, 0.25) is 0 Å². The van der Waals surface area contributed by atoms with Crippen molar-refractivity contribution in [3.63, 3.8) is 0 Å². The van der Waals surface area contributed by atoms with E-state index < -0.39 is 11.9 Å². The monoisotopic (exact) mass is 220 g/mol. The molecular weight excluding hydrogens is 204 g/mol. The number of esters is 1. The molecule has 3 heteroatoms. The highest BCUT2D eigenvalue weighted by Gasteiger charge is 2.22. The molecule has 86 valence electrons. The van der Waals surface area contributed by atoms with Crippen LogP contribution < -0.4 is 0 Å². The molecule has 0 aromatic heterocycles. The van der Waals surface area contributed by atoms with Crippen molar-refractivity contribution < 1.29 is 14.3 Å². The summed E-state index contributed by atoms with van der Waals surface area (Å²) in [6, 6.07) is 9.40. The van der Waals surface area contributed by atoms with E-state index in [0.717, 1.165) is 5.56 Å². The minimum atomic E-state index is -0.663. The van der Waals surface area contributed by atoms with Crippen molar-refractivity contribution >= 4 is 12.3 Å². The summed E-state index contributed by atoms with van der Waals surface area (Å²) in [7, 11) is 0. The molecule has 0 heterocycles. The Kier molecular flexibility index (Phi) is 4.70. The van der Waals surface area contributed by atoms with Gasteiger partial charge in [-0.05, 0) is 11.5 Å². The summed E-state index contributed by atoms with van der Waals surface area (Å²) in [6.45, 7) is 3.86. The van der Waals surface area contributed by atoms with Gasteiger partial charge in [-0.15, -0.1) is 0 Å². The van der Waals surface area contributed by atoms with Crippen LogP contribution in [0.5, 0.6) is 0 Å². The lowest BCUT2D eigenvalue weighted by Crippen LogP contribution is -2.23. The van der Waals surface area contributed by atoms with Crippen LogP contribution in [0.25, 0.3) is 0 Å². The maximum absolute atomic E-state index is 11.5. The van der Waals surface area contributed by atoms with Crippen LogP contribution in [0.15, 0.2) is 30.3 Å². The van der Waals surface area contributed by atoms with Crippen LogP contribution in [-0.2, 0) is 20.9 Å². The van der Waals surface area contributed by atoms with Crippen LogP contribution in [0.4, 0.5) is 0 Å². The normalized spacial score (nSPS) is 12.2. The van der Waals surface area contributed by atoms with Crippen LogP contribution in [0, 0.1) is 11.8 Å². The van der Waals surface area contributed by atoms with E-state index in [9.17, 15) is 9.59 Å². The average Bonchev–Trinajstić information content (AvgIpc) is 2.28. The zero-order chi connectivity index (χ0) is 12.0. The van der Waals surface area contributed by atoms with E-state index in [4.69, 9.17) is 4.74 Å². The summed E-state index contributed by atoms with van der Waals surface area (Å²) in [5, 5.41) is 0. The Labute approximate surface area is 95.4 Å². The Balaban J connectivity index is 2.49. The van der Waals surface area contributed by atoms with E-state index in [1.54, 1.807) is 0 Å². The van der Waals surface area contributed by atoms with E-state index in [-0.39, 0.29) is 12.5 Å². The Bertz CT molecular complexity index is 343. The first-order valence-electron chi connectivity index (χ1n) is 5.31. The number of ether oxygens (including phenoxy) is 1. The number of aldehydes is 1. The Morgan fingerprint density at radius 2 is 1.94 bits per heavy atom. The molecule has 0 saturated carbocycles. The number of carbonyl (C=O) groups excluding carboxylic acids is 2. The summed E-state index contributed by atoms with van der Waals surface area (Å²) >= 11 is 0. The third kappa shape index (κ3) is 3.50. The molecule has 0 fully saturated rings. The minimum absolute atomic E-state index is 0.0271. The predicted molar refractivity (Wildman–Crippen MR) is 60.6 cm³/mol. The number of hydrogen-bond acceptors (Lipinski definition) is 3. The zero-order valence-electron chi connectivity index (χ0n) is 9.55. The molecule has 0 radical (unpaired) electrons. The quantitative estimate of drug-likeness (QED) is 0.434. The fraction of sp³-hybridized carbons (Fsp3) is 0.385. The molecule has 16 heavy (non-hydrogen) atoms. The van der Waals surface area contributed by atoms with Gasteiger partial charge in [0.2, 0.25) is 0 Å². The highest BCUT2D eigenvalue weighted by Crippen LogP contribution is 2.11. The molecule has 0 spiro atoms. The highest BCUT2D eigenvalue weighted by atomic mass is 16.5. The van der Waals surface area contributed by atoms with E-state index in [1.165, 1.54) is 0 Å². The molecule has 0 unspecified atom stereocenters. The van der Waals surface area contributed by atoms with Crippen LogP contribution >= 0.6 is 0 Å². The minimum Gasteiger partial charge on any atom is -0.460 e. The van der Waals surface area contributed by atoms with Crippen molar-refractivity contribution in [3.05, 3.63) is 35.9 Å². The summed E-state index contributed by atoms with van der Waals surface area (Å²) < 4.78 is 5.07. The van der Waals surface area contributed by atoms with E-state index in [1.807, 2.05) is 44.2 Å². The fourth-order valence-corrected chi connectivity index (χ4v) is 1.31. The third-order valence-electron chi connectivity index (χ3n) is 2.36. The summed E-state index contributed by atoms with van der Waals surface area (Å²) in [5.74, 6) is -1.14. The molecule has 0 amide bonds. The Morgan fingerprint density at radius 1 is 1.31 bits per heavy atom. The molecule has 0 bridgehead atoms. The van der Waals surface area contributed by atoms with Crippen LogP contribution in [0.3, 0.4) is 0 Å². The second-order valence-electron chi connectivity index (χ2n) is 4.00. The van der Waals surface area contributed by atoms with Gasteiger partial charge in [0.25, 0.3) is 0 Å². The largest absolute Gasteiger partial charge is 0.460 e. The standard InChI is InChI=1S/C13H16O3/c1-10(2)12(8-14)13(15)16-9-11-6-4-3-5-7-11/h3-8,10,12H,9H2,1-2H3/t12-/m1/s1. The van der Waals surface area contributed by atoms with Gasteiger partial charge >= 0.3 is 5.97 Å². The summed E-state index contributed by atoms with van der Waals surface area (Å²) in [5.41, 5.74) is 0.921. The lowest BCUT2D eigenvalue weighted by atomic mass is 9.98. The first-order chi connectivity index (χ1) is 7.65. The first kappa shape index (κ1) is 12.4. The number of carbonyl (C=O) groups is 2. The van der Waals surface area contributed by atoms with E-state index in [2.05, 4.69) is 0 Å². The zero-order valence-corrected chi connectivity index (χ0v) is 9.55. The molecule has 3 nitrogen and oxygen atoms in total. The number of hydrogen-bond donors (Lipinski definition) is 0. The third-order valence-corrected chi connectivity index (χ3v) is 2.36. The molecule has 0 aliphatic carbocycles. The van der Waals surface area contributed by atoms with Gasteiger partial charge in [-0.25, -0.2) is 0 Å². The van der Waals surface area contributed by atoms with Crippen molar-refractivity contribution in [3.8, 4) is 0 Å². The van der Waals surface area contributed by atoms with E-state index in [0.29, 0.717) is 6.29 Å². The molecule has 0 saturated heterocycles. The van der Waals surface area contributed by atoms with Crippen molar-refractivity contribution in [1.29, 1.82) is 0 Å². The topological polar surface area (TPSA) is 43.4 Å². The van der Waals surface area contributed by atoms with Crippen LogP contribution in [-0.4, -0.2) is 12.3 Å². The maximum atomic E-state index is 11.5. The molecule has 1 aromatic carbocycles. The van der Waals surface area contributed by atoms with Crippen molar-refractivity contribution in [1.82, 2.24) is 0 Å². The van der Waals surface area contributed by atoms with E-state index >= 15 is 0 Å². The molecule has 1 atom stereocenters. The van der Waals surface area contributed by atoms with Gasteiger partial charge in [-0.3, -0.25) is 4.79 Å². The van der Waals surface area contributed by atoms with Gasteiger partial charge in [0.05, 0.1) is 0 Å². The SMILES string of the molecule is CC(C)[C@@H](C=O)C(=O)OCc1ccccc1. The Hall–Kier alpha value is -1.64. The average molecular weight is 220 g/mol. The molecule has 0 N–H and O–H groups in total. The number of benzene rings is 1.